The van der Waals surface area contributed by atoms with Crippen LogP contribution in [0.3, 0.4) is 0 Å². The van der Waals surface area contributed by atoms with E-state index in [0.717, 1.165) is 32.2 Å². The van der Waals surface area contributed by atoms with E-state index in [2.05, 4.69) is 36.8 Å². The molecule has 20 heavy (non-hydrogen) atoms. The van der Waals surface area contributed by atoms with E-state index < -0.39 is 0 Å². The fraction of sp³-hybridized carbons (Fsp3) is 0.214. The lowest BCUT2D eigenvalue weighted by molar-refractivity contribution is 0.302. The highest BCUT2D eigenvalue weighted by molar-refractivity contribution is 9.11. The van der Waals surface area contributed by atoms with Crippen LogP contribution in [0.2, 0.25) is 5.02 Å². The summed E-state index contributed by atoms with van der Waals surface area (Å²) in [4.78, 5) is 3.95. The molecule has 2 N–H and O–H groups in total. The molecule has 1 aromatic heterocycles. The average Bonchev–Trinajstić information content (AvgIpc) is 2.40. The predicted molar refractivity (Wildman–Crippen MR) is 88.2 cm³/mol. The van der Waals surface area contributed by atoms with Crippen LogP contribution in [0.25, 0.3) is 0 Å². The Kier molecular flexibility index (Phi) is 5.84. The summed E-state index contributed by atoms with van der Waals surface area (Å²) >= 11 is 13.1. The van der Waals surface area contributed by atoms with Crippen molar-refractivity contribution in [2.75, 3.05) is 6.54 Å². The number of pyridine rings is 1. The van der Waals surface area contributed by atoms with Crippen LogP contribution in [0, 0.1) is 0 Å². The van der Waals surface area contributed by atoms with Crippen LogP contribution in [0.5, 0.6) is 5.75 Å². The molecule has 1 aromatic carbocycles. The van der Waals surface area contributed by atoms with Gasteiger partial charge in [-0.15, -0.1) is 0 Å². The van der Waals surface area contributed by atoms with E-state index in [4.69, 9.17) is 22.1 Å². The Morgan fingerprint density at radius 2 is 1.95 bits per heavy atom. The Morgan fingerprint density at radius 3 is 2.55 bits per heavy atom. The zero-order chi connectivity index (χ0) is 14.5. The van der Waals surface area contributed by atoms with Gasteiger partial charge in [-0.1, -0.05) is 11.6 Å². The number of nitrogens with two attached hydrogens (primary N) is 1. The van der Waals surface area contributed by atoms with Gasteiger partial charge in [-0.05, 0) is 68.6 Å². The molecular weight excluding hydrogens is 407 g/mol. The van der Waals surface area contributed by atoms with Gasteiger partial charge in [0.15, 0.2) is 0 Å². The highest BCUT2D eigenvalue weighted by atomic mass is 79.9. The van der Waals surface area contributed by atoms with Crippen molar-refractivity contribution < 1.29 is 4.74 Å². The smallest absolute Gasteiger partial charge is 0.148 e. The van der Waals surface area contributed by atoms with Gasteiger partial charge in [0.05, 0.1) is 14.0 Å². The quantitative estimate of drug-likeness (QED) is 0.783. The second kappa shape index (κ2) is 7.41. The molecular formula is C14H13Br2ClN2O. The Morgan fingerprint density at radius 1 is 1.25 bits per heavy atom. The molecule has 0 aliphatic carbocycles. The summed E-state index contributed by atoms with van der Waals surface area (Å²) in [6, 6.07) is 5.87. The first kappa shape index (κ1) is 15.8. The van der Waals surface area contributed by atoms with Crippen molar-refractivity contribution in [1.82, 2.24) is 4.98 Å². The largest absolute Gasteiger partial charge is 0.486 e. The highest BCUT2D eigenvalue weighted by Crippen LogP contribution is 2.35. The molecule has 2 aromatic rings. The monoisotopic (exact) mass is 418 g/mol. The van der Waals surface area contributed by atoms with Crippen molar-refractivity contribution in [3.05, 3.63) is 55.7 Å². The van der Waals surface area contributed by atoms with Crippen molar-refractivity contribution in [3.8, 4) is 5.75 Å². The predicted octanol–water partition coefficient (Wildman–Crippen LogP) is 4.34. The third-order valence-corrected chi connectivity index (χ3v) is 4.24. The second-order valence-electron chi connectivity index (χ2n) is 4.18. The van der Waals surface area contributed by atoms with Gasteiger partial charge in [-0.25, -0.2) is 0 Å². The minimum atomic E-state index is 0.384. The molecule has 0 atom stereocenters. The van der Waals surface area contributed by atoms with Crippen molar-refractivity contribution in [2.24, 2.45) is 5.73 Å². The first-order chi connectivity index (χ1) is 9.61. The third-order valence-electron chi connectivity index (χ3n) is 2.72. The summed E-state index contributed by atoms with van der Waals surface area (Å²) in [5.41, 5.74) is 7.62. The molecule has 0 aliphatic rings. The lowest BCUT2D eigenvalue weighted by atomic mass is 10.1. The molecule has 0 radical (unpaired) electrons. The summed E-state index contributed by atoms with van der Waals surface area (Å²) in [5.74, 6) is 0.749. The highest BCUT2D eigenvalue weighted by Gasteiger charge is 2.10. The van der Waals surface area contributed by atoms with Crippen molar-refractivity contribution in [3.63, 3.8) is 0 Å². The van der Waals surface area contributed by atoms with E-state index in [-0.39, 0.29) is 0 Å². The minimum Gasteiger partial charge on any atom is -0.486 e. The topological polar surface area (TPSA) is 48.1 Å². The van der Waals surface area contributed by atoms with Gasteiger partial charge in [0.25, 0.3) is 0 Å². The normalized spacial score (nSPS) is 10.6. The summed E-state index contributed by atoms with van der Waals surface area (Å²) in [7, 11) is 0. The van der Waals surface area contributed by atoms with Crippen molar-refractivity contribution in [1.29, 1.82) is 0 Å². The molecule has 3 nitrogen and oxygen atoms in total. The standard InChI is InChI=1S/C14H13Br2ClN2O/c15-11-5-9(1-3-18)6-12(16)14(11)20-8-10-2-4-19-7-13(10)17/h2,4-7H,1,3,8,18H2. The number of benzene rings is 1. The van der Waals surface area contributed by atoms with E-state index in [1.165, 1.54) is 0 Å². The Hall–Kier alpha value is -0.620. The molecule has 0 aliphatic heterocycles. The van der Waals surface area contributed by atoms with E-state index in [0.29, 0.717) is 18.2 Å². The summed E-state index contributed by atoms with van der Waals surface area (Å²) in [6.07, 6.45) is 4.13. The summed E-state index contributed by atoms with van der Waals surface area (Å²) in [6.45, 7) is 1.00. The van der Waals surface area contributed by atoms with Crippen LogP contribution in [0.4, 0.5) is 0 Å². The zero-order valence-electron chi connectivity index (χ0n) is 10.6. The number of nitrogens with zero attached hydrogens (tertiary/aromatic N) is 1. The summed E-state index contributed by atoms with van der Waals surface area (Å²) in [5, 5.41) is 0.597. The fourth-order valence-corrected chi connectivity index (χ4v) is 3.42. The molecule has 0 amide bonds. The van der Waals surface area contributed by atoms with Crippen LogP contribution in [0.1, 0.15) is 11.1 Å². The second-order valence-corrected chi connectivity index (χ2v) is 6.30. The Balaban J connectivity index is 2.16. The van der Waals surface area contributed by atoms with Gasteiger partial charge in [0, 0.05) is 18.0 Å². The maximum atomic E-state index is 6.06. The SMILES string of the molecule is NCCc1cc(Br)c(OCc2ccncc2Cl)c(Br)c1. The third kappa shape index (κ3) is 3.95. The first-order valence-electron chi connectivity index (χ1n) is 6.01. The molecule has 0 unspecified atom stereocenters. The van der Waals surface area contributed by atoms with E-state index in [9.17, 15) is 0 Å². The van der Waals surface area contributed by atoms with Gasteiger partial charge in [-0.2, -0.15) is 0 Å². The number of rotatable bonds is 5. The molecule has 2 rings (SSSR count). The van der Waals surface area contributed by atoms with Gasteiger partial charge in [-0.3, -0.25) is 4.98 Å². The molecule has 6 heteroatoms. The molecule has 1 heterocycles. The Labute approximate surface area is 139 Å². The number of halogens is 3. The Bertz CT molecular complexity index is 584. The fourth-order valence-electron chi connectivity index (χ4n) is 1.73. The molecule has 0 saturated carbocycles. The van der Waals surface area contributed by atoms with Crippen LogP contribution >= 0.6 is 43.5 Å². The zero-order valence-corrected chi connectivity index (χ0v) is 14.5. The van der Waals surface area contributed by atoms with Gasteiger partial charge >= 0.3 is 0 Å². The number of hydrogen-bond acceptors (Lipinski definition) is 3. The number of hydrogen-bond donors (Lipinski definition) is 1. The minimum absolute atomic E-state index is 0.384. The molecule has 106 valence electrons. The lowest BCUT2D eigenvalue weighted by Crippen LogP contribution is -2.03. The van der Waals surface area contributed by atoms with E-state index in [1.54, 1.807) is 12.4 Å². The summed E-state index contributed by atoms with van der Waals surface area (Å²) < 4.78 is 7.61. The van der Waals surface area contributed by atoms with Gasteiger partial charge in [0.2, 0.25) is 0 Å². The van der Waals surface area contributed by atoms with Gasteiger partial charge < -0.3 is 10.5 Å². The number of aromatic nitrogens is 1. The number of ether oxygens (including phenoxy) is 1. The lowest BCUT2D eigenvalue weighted by Gasteiger charge is -2.12. The van der Waals surface area contributed by atoms with Crippen LogP contribution in [0.15, 0.2) is 39.5 Å². The molecule has 0 fully saturated rings. The maximum Gasteiger partial charge on any atom is 0.148 e. The molecule has 0 saturated heterocycles. The van der Waals surface area contributed by atoms with Gasteiger partial charge in [0.1, 0.15) is 12.4 Å². The van der Waals surface area contributed by atoms with E-state index in [1.807, 2.05) is 18.2 Å². The van der Waals surface area contributed by atoms with Crippen molar-refractivity contribution in [2.45, 2.75) is 13.0 Å². The van der Waals surface area contributed by atoms with Crippen LogP contribution in [-0.2, 0) is 13.0 Å². The maximum absolute atomic E-state index is 6.06. The molecule has 0 bridgehead atoms. The van der Waals surface area contributed by atoms with Crippen molar-refractivity contribution >= 4 is 43.5 Å². The average molecular weight is 421 g/mol. The van der Waals surface area contributed by atoms with Crippen LogP contribution in [-0.4, -0.2) is 11.5 Å². The molecule has 0 spiro atoms. The first-order valence-corrected chi connectivity index (χ1v) is 7.97. The van der Waals surface area contributed by atoms with Crippen LogP contribution < -0.4 is 10.5 Å². The van der Waals surface area contributed by atoms with E-state index >= 15 is 0 Å².